The van der Waals surface area contributed by atoms with Crippen molar-refractivity contribution < 1.29 is 14.7 Å². The van der Waals surface area contributed by atoms with Gasteiger partial charge < -0.3 is 20.6 Å². The van der Waals surface area contributed by atoms with E-state index in [2.05, 4.69) is 35.8 Å². The van der Waals surface area contributed by atoms with Crippen LogP contribution >= 0.6 is 0 Å². The fraction of sp³-hybridized carbons (Fsp3) is 0.500. The van der Waals surface area contributed by atoms with Crippen molar-refractivity contribution in [3.63, 3.8) is 0 Å². The molecule has 0 saturated carbocycles. The van der Waals surface area contributed by atoms with Crippen LogP contribution in [-0.4, -0.2) is 53.1 Å². The average molecular weight is 303 g/mol. The normalized spacial score (nSPS) is 27.7. The van der Waals surface area contributed by atoms with Gasteiger partial charge in [0.1, 0.15) is 12.1 Å². The zero-order valence-corrected chi connectivity index (χ0v) is 12.6. The lowest BCUT2D eigenvalue weighted by molar-refractivity contribution is -0.148. The highest BCUT2D eigenvalue weighted by Gasteiger charge is 2.45. The van der Waals surface area contributed by atoms with E-state index in [4.69, 9.17) is 5.11 Å². The number of benzene rings is 1. The number of fused-ring (bicyclic) bond motifs is 1. The standard InChI is InChI=1S/C16H21N3O3/c1-10-3-2-4-11(5-10)7-17-12-6-14-15(21)18-13(9-20)16(22)19(14)8-12/h2-5,12-14,17,20H,6-9H2,1H3,(H,18,21)/t12-,13-,14-/m0/s1. The maximum Gasteiger partial charge on any atom is 0.248 e. The number of carbonyl (C=O) groups excluding carboxylic acids is 2. The van der Waals surface area contributed by atoms with Gasteiger partial charge in [-0.25, -0.2) is 0 Å². The average Bonchev–Trinajstić information content (AvgIpc) is 2.94. The van der Waals surface area contributed by atoms with Gasteiger partial charge in [0, 0.05) is 19.1 Å². The predicted octanol–water partition coefficient (Wildman–Crippen LogP) is -0.455. The van der Waals surface area contributed by atoms with Crippen LogP contribution in [0.15, 0.2) is 24.3 Å². The maximum atomic E-state index is 12.2. The Bertz CT molecular complexity index is 590. The van der Waals surface area contributed by atoms with Crippen molar-refractivity contribution >= 4 is 11.8 Å². The third-order valence-electron chi connectivity index (χ3n) is 4.36. The van der Waals surface area contributed by atoms with Gasteiger partial charge in [0.25, 0.3) is 0 Å². The monoisotopic (exact) mass is 303 g/mol. The van der Waals surface area contributed by atoms with Crippen LogP contribution in [0.2, 0.25) is 0 Å². The molecule has 2 saturated heterocycles. The van der Waals surface area contributed by atoms with Crippen LogP contribution in [0.1, 0.15) is 17.5 Å². The third-order valence-corrected chi connectivity index (χ3v) is 4.36. The Hall–Kier alpha value is -1.92. The molecule has 2 heterocycles. The number of rotatable bonds is 4. The lowest BCUT2D eigenvalue weighted by atomic mass is 10.1. The molecule has 1 aromatic rings. The van der Waals surface area contributed by atoms with E-state index in [0.29, 0.717) is 19.5 Å². The number of hydrogen-bond donors (Lipinski definition) is 3. The zero-order valence-electron chi connectivity index (χ0n) is 12.6. The maximum absolute atomic E-state index is 12.2. The van der Waals surface area contributed by atoms with Crippen molar-refractivity contribution in [2.75, 3.05) is 13.2 Å². The Morgan fingerprint density at radius 1 is 1.41 bits per heavy atom. The van der Waals surface area contributed by atoms with Gasteiger partial charge in [-0.1, -0.05) is 29.8 Å². The zero-order chi connectivity index (χ0) is 15.7. The number of aryl methyl sites for hydroxylation is 1. The molecule has 3 atom stereocenters. The largest absolute Gasteiger partial charge is 0.394 e. The molecule has 2 amide bonds. The number of amides is 2. The Balaban J connectivity index is 1.62. The number of nitrogens with one attached hydrogen (secondary N) is 2. The van der Waals surface area contributed by atoms with Crippen LogP contribution in [-0.2, 0) is 16.1 Å². The van der Waals surface area contributed by atoms with E-state index in [0.717, 1.165) is 0 Å². The fourth-order valence-corrected chi connectivity index (χ4v) is 3.21. The minimum atomic E-state index is -0.792. The summed E-state index contributed by atoms with van der Waals surface area (Å²) in [6.07, 6.45) is 0.613. The summed E-state index contributed by atoms with van der Waals surface area (Å²) in [7, 11) is 0. The number of aliphatic hydroxyl groups excluding tert-OH is 1. The summed E-state index contributed by atoms with van der Waals surface area (Å²) < 4.78 is 0. The summed E-state index contributed by atoms with van der Waals surface area (Å²) in [6, 6.07) is 7.14. The Kier molecular flexibility index (Phi) is 4.13. The third kappa shape index (κ3) is 2.84. The van der Waals surface area contributed by atoms with Gasteiger partial charge in [0.2, 0.25) is 11.8 Å². The number of aliphatic hydroxyl groups is 1. The fourth-order valence-electron chi connectivity index (χ4n) is 3.21. The summed E-state index contributed by atoms with van der Waals surface area (Å²) in [5, 5.41) is 15.2. The van der Waals surface area contributed by atoms with Crippen molar-refractivity contribution in [1.29, 1.82) is 0 Å². The number of piperazine rings is 1. The van der Waals surface area contributed by atoms with Crippen LogP contribution in [0.4, 0.5) is 0 Å². The van der Waals surface area contributed by atoms with E-state index in [1.54, 1.807) is 4.90 Å². The predicted molar refractivity (Wildman–Crippen MR) is 80.9 cm³/mol. The summed E-state index contributed by atoms with van der Waals surface area (Å²) in [5.41, 5.74) is 2.40. The second-order valence-corrected chi connectivity index (χ2v) is 6.05. The highest BCUT2D eigenvalue weighted by Crippen LogP contribution is 2.23. The van der Waals surface area contributed by atoms with Crippen molar-refractivity contribution in [3.05, 3.63) is 35.4 Å². The smallest absolute Gasteiger partial charge is 0.248 e. The van der Waals surface area contributed by atoms with E-state index in [1.807, 2.05) is 6.07 Å². The summed E-state index contributed by atoms with van der Waals surface area (Å²) >= 11 is 0. The SMILES string of the molecule is Cc1cccc(CN[C@H]2C[C@H]3C(=O)N[C@@H](CO)C(=O)N3C2)c1. The molecule has 0 spiro atoms. The van der Waals surface area contributed by atoms with E-state index < -0.39 is 12.1 Å². The first-order valence-electron chi connectivity index (χ1n) is 7.59. The van der Waals surface area contributed by atoms with Gasteiger partial charge in [0.15, 0.2) is 0 Å². The van der Waals surface area contributed by atoms with Crippen molar-refractivity contribution in [3.8, 4) is 0 Å². The quantitative estimate of drug-likeness (QED) is 0.703. The minimum absolute atomic E-state index is 0.0951. The highest BCUT2D eigenvalue weighted by molar-refractivity contribution is 5.97. The number of carbonyl (C=O) groups is 2. The molecule has 0 aliphatic carbocycles. The van der Waals surface area contributed by atoms with Crippen LogP contribution in [0.25, 0.3) is 0 Å². The van der Waals surface area contributed by atoms with E-state index in [-0.39, 0.29) is 24.5 Å². The second kappa shape index (κ2) is 6.06. The van der Waals surface area contributed by atoms with Crippen molar-refractivity contribution in [1.82, 2.24) is 15.5 Å². The summed E-state index contributed by atoms with van der Waals surface area (Å²) in [6.45, 7) is 2.93. The van der Waals surface area contributed by atoms with Crippen LogP contribution < -0.4 is 10.6 Å². The van der Waals surface area contributed by atoms with Crippen molar-refractivity contribution in [2.45, 2.75) is 38.0 Å². The molecular formula is C16H21N3O3. The molecule has 2 aliphatic heterocycles. The van der Waals surface area contributed by atoms with Crippen LogP contribution in [0, 0.1) is 6.92 Å². The van der Waals surface area contributed by atoms with Gasteiger partial charge in [-0.15, -0.1) is 0 Å². The Morgan fingerprint density at radius 3 is 2.95 bits per heavy atom. The minimum Gasteiger partial charge on any atom is -0.394 e. The van der Waals surface area contributed by atoms with Gasteiger partial charge in [-0.2, -0.15) is 0 Å². The second-order valence-electron chi connectivity index (χ2n) is 6.05. The number of nitrogens with zero attached hydrogens (tertiary/aromatic N) is 1. The van der Waals surface area contributed by atoms with Gasteiger partial charge in [-0.3, -0.25) is 9.59 Å². The summed E-state index contributed by atoms with van der Waals surface area (Å²) in [4.78, 5) is 25.8. The lowest BCUT2D eigenvalue weighted by Crippen LogP contribution is -2.62. The van der Waals surface area contributed by atoms with E-state index >= 15 is 0 Å². The van der Waals surface area contributed by atoms with Gasteiger partial charge >= 0.3 is 0 Å². The number of hydrogen-bond acceptors (Lipinski definition) is 4. The molecule has 22 heavy (non-hydrogen) atoms. The molecule has 0 unspecified atom stereocenters. The first-order chi connectivity index (χ1) is 10.6. The first kappa shape index (κ1) is 15.0. The molecule has 0 radical (unpaired) electrons. The molecule has 1 aromatic carbocycles. The molecule has 0 aromatic heterocycles. The molecule has 2 aliphatic rings. The molecule has 2 fully saturated rings. The first-order valence-corrected chi connectivity index (χ1v) is 7.59. The lowest BCUT2D eigenvalue weighted by Gasteiger charge is -2.33. The van der Waals surface area contributed by atoms with Gasteiger partial charge in [-0.05, 0) is 18.9 Å². The van der Waals surface area contributed by atoms with Crippen LogP contribution in [0.5, 0.6) is 0 Å². The molecular weight excluding hydrogens is 282 g/mol. The van der Waals surface area contributed by atoms with E-state index in [1.165, 1.54) is 11.1 Å². The summed E-state index contributed by atoms with van der Waals surface area (Å²) in [5.74, 6) is -0.356. The van der Waals surface area contributed by atoms with E-state index in [9.17, 15) is 9.59 Å². The molecule has 3 rings (SSSR count). The molecule has 0 bridgehead atoms. The molecule has 6 heteroatoms. The van der Waals surface area contributed by atoms with Gasteiger partial charge in [0.05, 0.1) is 6.61 Å². The molecule has 118 valence electrons. The molecule has 6 nitrogen and oxygen atoms in total. The molecule has 3 N–H and O–H groups in total. The Morgan fingerprint density at radius 2 is 2.23 bits per heavy atom. The Labute approximate surface area is 129 Å². The topological polar surface area (TPSA) is 81.7 Å². The highest BCUT2D eigenvalue weighted by atomic mass is 16.3. The van der Waals surface area contributed by atoms with Crippen LogP contribution in [0.3, 0.4) is 0 Å². The van der Waals surface area contributed by atoms with Crippen molar-refractivity contribution in [2.24, 2.45) is 0 Å².